The minimum absolute atomic E-state index is 0.920. The van der Waals surface area contributed by atoms with Gasteiger partial charge < -0.3 is 4.42 Å². The standard InChI is InChI=1S/C17H14OS/c1-19-16-12-15(13-8-4-2-5-9-13)18-17(16)14-10-6-3-7-11-14/h2-12H,1H3. The second-order valence-electron chi connectivity index (χ2n) is 4.24. The second kappa shape index (κ2) is 5.37. The number of furan rings is 1. The maximum Gasteiger partial charge on any atom is 0.148 e. The first-order chi connectivity index (χ1) is 9.38. The largest absolute Gasteiger partial charge is 0.455 e. The Labute approximate surface area is 117 Å². The van der Waals surface area contributed by atoms with Crippen molar-refractivity contribution >= 4 is 11.8 Å². The van der Waals surface area contributed by atoms with Crippen molar-refractivity contribution in [1.29, 1.82) is 0 Å². The molecule has 0 saturated carbocycles. The van der Waals surface area contributed by atoms with Gasteiger partial charge in [-0.15, -0.1) is 11.8 Å². The highest BCUT2D eigenvalue weighted by molar-refractivity contribution is 7.98. The van der Waals surface area contributed by atoms with E-state index in [-0.39, 0.29) is 0 Å². The second-order valence-corrected chi connectivity index (χ2v) is 5.09. The lowest BCUT2D eigenvalue weighted by Crippen LogP contribution is -1.74. The first-order valence-corrected chi connectivity index (χ1v) is 7.39. The van der Waals surface area contributed by atoms with E-state index in [1.54, 1.807) is 11.8 Å². The SMILES string of the molecule is CSc1cc(-c2ccccc2)oc1-c1ccccc1. The summed E-state index contributed by atoms with van der Waals surface area (Å²) in [5.41, 5.74) is 2.23. The van der Waals surface area contributed by atoms with Gasteiger partial charge in [-0.1, -0.05) is 60.7 Å². The average Bonchev–Trinajstić information content (AvgIpc) is 2.93. The molecule has 1 heterocycles. The van der Waals surface area contributed by atoms with E-state index in [0.29, 0.717) is 0 Å². The lowest BCUT2D eigenvalue weighted by atomic mass is 10.1. The summed E-state index contributed by atoms with van der Waals surface area (Å²) in [4.78, 5) is 1.17. The number of thioether (sulfide) groups is 1. The first kappa shape index (κ1) is 12.1. The molecule has 0 aliphatic rings. The van der Waals surface area contributed by atoms with Crippen LogP contribution in [0.15, 0.2) is 76.0 Å². The predicted octanol–water partition coefficient (Wildman–Crippen LogP) is 5.34. The molecule has 2 heteroatoms. The van der Waals surface area contributed by atoms with E-state index in [1.165, 1.54) is 4.90 Å². The van der Waals surface area contributed by atoms with Crippen LogP contribution in [0, 0.1) is 0 Å². The van der Waals surface area contributed by atoms with Crippen LogP contribution in [0.25, 0.3) is 22.6 Å². The van der Waals surface area contributed by atoms with Crippen molar-refractivity contribution in [3.8, 4) is 22.6 Å². The molecule has 0 amide bonds. The topological polar surface area (TPSA) is 13.1 Å². The Morgan fingerprint density at radius 3 is 1.95 bits per heavy atom. The summed E-state index contributed by atoms with van der Waals surface area (Å²) in [7, 11) is 0. The van der Waals surface area contributed by atoms with Gasteiger partial charge in [0.1, 0.15) is 11.5 Å². The van der Waals surface area contributed by atoms with Crippen molar-refractivity contribution in [2.24, 2.45) is 0 Å². The molecule has 0 aliphatic carbocycles. The van der Waals surface area contributed by atoms with Gasteiger partial charge in [0.05, 0.1) is 4.90 Å². The molecule has 0 N–H and O–H groups in total. The van der Waals surface area contributed by atoms with Gasteiger partial charge >= 0.3 is 0 Å². The third kappa shape index (κ3) is 2.45. The molecule has 94 valence electrons. The minimum atomic E-state index is 0.920. The van der Waals surface area contributed by atoms with Crippen LogP contribution in [0.1, 0.15) is 0 Å². The zero-order chi connectivity index (χ0) is 13.1. The van der Waals surface area contributed by atoms with Crippen LogP contribution in [0.5, 0.6) is 0 Å². The Kier molecular flexibility index (Phi) is 3.43. The van der Waals surface area contributed by atoms with Gasteiger partial charge in [0.25, 0.3) is 0 Å². The molecule has 2 aromatic carbocycles. The van der Waals surface area contributed by atoms with Crippen LogP contribution < -0.4 is 0 Å². The lowest BCUT2D eigenvalue weighted by Gasteiger charge is -1.99. The summed E-state index contributed by atoms with van der Waals surface area (Å²) in [6.45, 7) is 0. The van der Waals surface area contributed by atoms with Crippen molar-refractivity contribution in [3.05, 3.63) is 66.7 Å². The van der Waals surface area contributed by atoms with Gasteiger partial charge in [-0.25, -0.2) is 0 Å². The summed E-state index contributed by atoms with van der Waals surface area (Å²) in [6, 6.07) is 22.5. The molecule has 1 aromatic heterocycles. The van der Waals surface area contributed by atoms with Gasteiger partial charge in [-0.2, -0.15) is 0 Å². The zero-order valence-electron chi connectivity index (χ0n) is 10.7. The van der Waals surface area contributed by atoms with Crippen molar-refractivity contribution in [3.63, 3.8) is 0 Å². The van der Waals surface area contributed by atoms with E-state index in [4.69, 9.17) is 4.42 Å². The summed E-state index contributed by atoms with van der Waals surface area (Å²) in [5.74, 6) is 1.87. The van der Waals surface area contributed by atoms with Crippen LogP contribution in [-0.2, 0) is 0 Å². The van der Waals surface area contributed by atoms with Crippen molar-refractivity contribution < 1.29 is 4.42 Å². The van der Waals surface area contributed by atoms with Crippen LogP contribution in [0.3, 0.4) is 0 Å². The highest BCUT2D eigenvalue weighted by Gasteiger charge is 2.13. The third-order valence-corrected chi connectivity index (χ3v) is 3.76. The molecule has 0 fully saturated rings. The van der Waals surface area contributed by atoms with Crippen molar-refractivity contribution in [2.45, 2.75) is 4.90 Å². The number of benzene rings is 2. The van der Waals surface area contributed by atoms with E-state index in [9.17, 15) is 0 Å². The molecule has 0 bridgehead atoms. The van der Waals surface area contributed by atoms with Gasteiger partial charge in [0, 0.05) is 11.1 Å². The summed E-state index contributed by atoms with van der Waals surface area (Å²) < 4.78 is 6.06. The molecular formula is C17H14OS. The molecule has 1 nitrogen and oxygen atoms in total. The lowest BCUT2D eigenvalue weighted by molar-refractivity contribution is 0.592. The quantitative estimate of drug-likeness (QED) is 0.594. The van der Waals surface area contributed by atoms with E-state index in [1.807, 2.05) is 36.4 Å². The molecule has 3 aromatic rings. The molecule has 0 radical (unpaired) electrons. The summed E-state index contributed by atoms with van der Waals surface area (Å²) in [6.07, 6.45) is 2.08. The van der Waals surface area contributed by atoms with E-state index < -0.39 is 0 Å². The molecule has 0 saturated heterocycles. The van der Waals surface area contributed by atoms with Gasteiger partial charge in [-0.3, -0.25) is 0 Å². The highest BCUT2D eigenvalue weighted by Crippen LogP contribution is 2.37. The molecule has 19 heavy (non-hydrogen) atoms. The zero-order valence-corrected chi connectivity index (χ0v) is 11.5. The normalized spacial score (nSPS) is 10.6. The fourth-order valence-electron chi connectivity index (χ4n) is 2.06. The molecular weight excluding hydrogens is 252 g/mol. The summed E-state index contributed by atoms with van der Waals surface area (Å²) >= 11 is 1.71. The first-order valence-electron chi connectivity index (χ1n) is 6.17. The fraction of sp³-hybridized carbons (Fsp3) is 0.0588. The van der Waals surface area contributed by atoms with E-state index >= 15 is 0 Å². The number of rotatable bonds is 3. The molecule has 3 rings (SSSR count). The van der Waals surface area contributed by atoms with Crippen LogP contribution in [0.4, 0.5) is 0 Å². The Morgan fingerprint density at radius 2 is 1.37 bits per heavy atom. The Morgan fingerprint density at radius 1 is 0.789 bits per heavy atom. The van der Waals surface area contributed by atoms with Gasteiger partial charge in [0.2, 0.25) is 0 Å². The number of hydrogen-bond donors (Lipinski definition) is 0. The van der Waals surface area contributed by atoms with Crippen LogP contribution in [0.2, 0.25) is 0 Å². The third-order valence-electron chi connectivity index (χ3n) is 3.01. The van der Waals surface area contributed by atoms with Gasteiger partial charge in [0.15, 0.2) is 0 Å². The fourth-order valence-corrected chi connectivity index (χ4v) is 2.63. The van der Waals surface area contributed by atoms with E-state index in [2.05, 4.69) is 36.6 Å². The minimum Gasteiger partial charge on any atom is -0.455 e. The molecule has 0 unspecified atom stereocenters. The number of hydrogen-bond acceptors (Lipinski definition) is 2. The molecule has 0 spiro atoms. The molecule has 0 atom stereocenters. The Hall–Kier alpha value is -1.93. The van der Waals surface area contributed by atoms with Gasteiger partial charge in [-0.05, 0) is 12.3 Å². The van der Waals surface area contributed by atoms with E-state index in [0.717, 1.165) is 22.6 Å². The molecule has 0 aliphatic heterocycles. The Balaban J connectivity index is 2.09. The Bertz CT molecular complexity index is 656. The van der Waals surface area contributed by atoms with Crippen LogP contribution in [-0.4, -0.2) is 6.26 Å². The average molecular weight is 266 g/mol. The van der Waals surface area contributed by atoms with Crippen LogP contribution >= 0.6 is 11.8 Å². The monoisotopic (exact) mass is 266 g/mol. The van der Waals surface area contributed by atoms with Crippen molar-refractivity contribution in [2.75, 3.05) is 6.26 Å². The highest BCUT2D eigenvalue weighted by atomic mass is 32.2. The van der Waals surface area contributed by atoms with Crippen molar-refractivity contribution in [1.82, 2.24) is 0 Å². The predicted molar refractivity (Wildman–Crippen MR) is 81.4 cm³/mol. The maximum absolute atomic E-state index is 6.06. The summed E-state index contributed by atoms with van der Waals surface area (Å²) in [5, 5.41) is 0. The maximum atomic E-state index is 6.06. The smallest absolute Gasteiger partial charge is 0.148 e.